The lowest BCUT2D eigenvalue weighted by atomic mass is 10.0. The van der Waals surface area contributed by atoms with E-state index in [1.54, 1.807) is 0 Å². The Morgan fingerprint density at radius 3 is 2.62 bits per heavy atom. The number of rotatable bonds is 1. The second kappa shape index (κ2) is 2.21. The summed E-state index contributed by atoms with van der Waals surface area (Å²) >= 11 is 0. The van der Waals surface area contributed by atoms with Crippen molar-refractivity contribution in [1.82, 2.24) is 5.32 Å². The normalized spacial score (nSPS) is 26.6. The lowest BCUT2D eigenvalue weighted by molar-refractivity contribution is 0.464. The largest absolute Gasteiger partial charge is 0.388 e. The van der Waals surface area contributed by atoms with Gasteiger partial charge in [-0.05, 0) is 18.5 Å². The van der Waals surface area contributed by atoms with E-state index in [2.05, 4.69) is 25.2 Å². The summed E-state index contributed by atoms with van der Waals surface area (Å²) < 4.78 is 0. The van der Waals surface area contributed by atoms with Gasteiger partial charge in [0.25, 0.3) is 0 Å². The maximum absolute atomic E-state index is 3.28. The Labute approximate surface area is 50.8 Å². The van der Waals surface area contributed by atoms with Crippen molar-refractivity contribution < 1.29 is 0 Å². The third kappa shape index (κ3) is 1.03. The lowest BCUT2D eigenvalue weighted by Gasteiger charge is -2.13. The highest BCUT2D eigenvalue weighted by Gasteiger charge is 2.11. The van der Waals surface area contributed by atoms with Crippen LogP contribution in [0.2, 0.25) is 0 Å². The van der Waals surface area contributed by atoms with Crippen LogP contribution in [0.15, 0.2) is 12.3 Å². The van der Waals surface area contributed by atoms with Crippen LogP contribution in [0.25, 0.3) is 0 Å². The van der Waals surface area contributed by atoms with Crippen LogP contribution in [-0.2, 0) is 0 Å². The van der Waals surface area contributed by atoms with E-state index in [0.717, 1.165) is 5.92 Å². The third-order valence-electron chi connectivity index (χ3n) is 1.62. The molecule has 0 bridgehead atoms. The minimum Gasteiger partial charge on any atom is -0.388 e. The predicted molar refractivity (Wildman–Crippen MR) is 35.5 cm³/mol. The Kier molecular flexibility index (Phi) is 1.56. The zero-order valence-corrected chi connectivity index (χ0v) is 5.52. The molecule has 0 aliphatic carbocycles. The Bertz CT molecular complexity index is 86.6. The van der Waals surface area contributed by atoms with Crippen molar-refractivity contribution >= 4 is 0 Å². The van der Waals surface area contributed by atoms with Gasteiger partial charge in [-0.15, -0.1) is 0 Å². The Hall–Kier alpha value is -0.460. The van der Waals surface area contributed by atoms with Crippen LogP contribution in [0, 0.1) is 5.92 Å². The van der Waals surface area contributed by atoms with E-state index >= 15 is 0 Å². The van der Waals surface area contributed by atoms with Crippen molar-refractivity contribution in [3.05, 3.63) is 12.3 Å². The number of hydrogen-bond acceptors (Lipinski definition) is 1. The molecule has 0 fully saturated rings. The van der Waals surface area contributed by atoms with Gasteiger partial charge in [-0.1, -0.05) is 19.9 Å². The minimum absolute atomic E-state index is 0.704. The first-order valence-corrected chi connectivity index (χ1v) is 3.22. The van der Waals surface area contributed by atoms with Crippen LogP contribution in [0.3, 0.4) is 0 Å². The first-order chi connectivity index (χ1) is 3.80. The van der Waals surface area contributed by atoms with E-state index in [9.17, 15) is 0 Å². The van der Waals surface area contributed by atoms with E-state index in [4.69, 9.17) is 0 Å². The highest BCUT2D eigenvalue weighted by atomic mass is 14.9. The van der Waals surface area contributed by atoms with E-state index in [1.807, 2.05) is 6.20 Å². The van der Waals surface area contributed by atoms with Crippen molar-refractivity contribution in [2.45, 2.75) is 26.3 Å². The van der Waals surface area contributed by atoms with Gasteiger partial charge in [-0.25, -0.2) is 0 Å². The molecule has 1 heterocycles. The second-order valence-corrected chi connectivity index (χ2v) is 2.66. The predicted octanol–water partition coefficient (Wildman–Crippen LogP) is 1.52. The summed E-state index contributed by atoms with van der Waals surface area (Å²) in [4.78, 5) is 0. The van der Waals surface area contributed by atoms with Crippen LogP contribution in [0.4, 0.5) is 0 Å². The van der Waals surface area contributed by atoms with E-state index in [0.29, 0.717) is 6.04 Å². The maximum atomic E-state index is 3.28. The second-order valence-electron chi connectivity index (χ2n) is 2.66. The molecule has 0 aromatic heterocycles. The molecule has 1 N–H and O–H groups in total. The highest BCUT2D eigenvalue weighted by Crippen LogP contribution is 2.10. The van der Waals surface area contributed by atoms with E-state index in [1.165, 1.54) is 6.42 Å². The molecule has 1 rings (SSSR count). The molecule has 0 saturated carbocycles. The first-order valence-electron chi connectivity index (χ1n) is 3.22. The maximum Gasteiger partial charge on any atom is 0.0313 e. The summed E-state index contributed by atoms with van der Waals surface area (Å²) in [6.45, 7) is 4.48. The average molecular weight is 111 g/mol. The molecule has 1 aliphatic rings. The first kappa shape index (κ1) is 5.67. The SMILES string of the molecule is CC(C)[C@@H]1CC=CN1. The number of nitrogens with one attached hydrogen (secondary N) is 1. The van der Waals surface area contributed by atoms with Crippen LogP contribution in [0.5, 0.6) is 0 Å². The Morgan fingerprint density at radius 2 is 2.38 bits per heavy atom. The van der Waals surface area contributed by atoms with Gasteiger partial charge >= 0.3 is 0 Å². The summed E-state index contributed by atoms with van der Waals surface area (Å²) in [7, 11) is 0. The van der Waals surface area contributed by atoms with Gasteiger partial charge in [0.1, 0.15) is 0 Å². The molecule has 46 valence electrons. The quantitative estimate of drug-likeness (QED) is 0.541. The highest BCUT2D eigenvalue weighted by molar-refractivity contribution is 4.95. The van der Waals surface area contributed by atoms with Crippen LogP contribution >= 0.6 is 0 Å². The van der Waals surface area contributed by atoms with Gasteiger partial charge in [0, 0.05) is 6.04 Å². The molecule has 0 unspecified atom stereocenters. The molecular formula is C7H13N. The molecule has 0 amide bonds. The Morgan fingerprint density at radius 1 is 1.62 bits per heavy atom. The molecule has 1 nitrogen and oxygen atoms in total. The molecule has 0 aromatic rings. The molecule has 1 heteroatoms. The van der Waals surface area contributed by atoms with E-state index < -0.39 is 0 Å². The van der Waals surface area contributed by atoms with Crippen LogP contribution in [0.1, 0.15) is 20.3 Å². The fraction of sp³-hybridized carbons (Fsp3) is 0.714. The van der Waals surface area contributed by atoms with Gasteiger partial charge in [-0.2, -0.15) is 0 Å². The molecule has 0 spiro atoms. The summed E-state index contributed by atoms with van der Waals surface area (Å²) in [6, 6.07) is 0.704. The zero-order chi connectivity index (χ0) is 5.98. The van der Waals surface area contributed by atoms with Gasteiger partial charge in [0.2, 0.25) is 0 Å². The van der Waals surface area contributed by atoms with Crippen molar-refractivity contribution in [3.63, 3.8) is 0 Å². The molecule has 0 saturated heterocycles. The summed E-state index contributed by atoms with van der Waals surface area (Å²) in [5.74, 6) is 0.769. The van der Waals surface area contributed by atoms with Gasteiger partial charge in [0.15, 0.2) is 0 Å². The third-order valence-corrected chi connectivity index (χ3v) is 1.62. The minimum atomic E-state index is 0.704. The fourth-order valence-electron chi connectivity index (χ4n) is 0.939. The zero-order valence-electron chi connectivity index (χ0n) is 5.52. The fourth-order valence-corrected chi connectivity index (χ4v) is 0.939. The van der Waals surface area contributed by atoms with Gasteiger partial charge in [-0.3, -0.25) is 0 Å². The summed E-state index contributed by atoms with van der Waals surface area (Å²) in [5.41, 5.74) is 0. The number of hydrogen-bond donors (Lipinski definition) is 1. The lowest BCUT2D eigenvalue weighted by Crippen LogP contribution is -2.24. The van der Waals surface area contributed by atoms with Gasteiger partial charge in [0.05, 0.1) is 0 Å². The van der Waals surface area contributed by atoms with Crippen LogP contribution in [-0.4, -0.2) is 6.04 Å². The van der Waals surface area contributed by atoms with Crippen molar-refractivity contribution in [2.24, 2.45) is 5.92 Å². The van der Waals surface area contributed by atoms with Crippen molar-refractivity contribution in [2.75, 3.05) is 0 Å². The summed E-state index contributed by atoms with van der Waals surface area (Å²) in [6.07, 6.45) is 5.44. The average Bonchev–Trinajstić information content (AvgIpc) is 2.12. The molecular weight excluding hydrogens is 98.1 g/mol. The summed E-state index contributed by atoms with van der Waals surface area (Å²) in [5, 5.41) is 3.28. The molecule has 1 aliphatic heterocycles. The Balaban J connectivity index is 2.29. The van der Waals surface area contributed by atoms with E-state index in [-0.39, 0.29) is 0 Å². The van der Waals surface area contributed by atoms with Crippen LogP contribution < -0.4 is 5.32 Å². The molecule has 0 radical (unpaired) electrons. The van der Waals surface area contributed by atoms with Gasteiger partial charge < -0.3 is 5.32 Å². The molecule has 8 heavy (non-hydrogen) atoms. The van der Waals surface area contributed by atoms with Crippen molar-refractivity contribution in [1.29, 1.82) is 0 Å². The van der Waals surface area contributed by atoms with Crippen molar-refractivity contribution in [3.8, 4) is 0 Å². The smallest absolute Gasteiger partial charge is 0.0313 e. The standard InChI is InChI=1S/C7H13N/c1-6(2)7-4-3-5-8-7/h3,5-8H,4H2,1-2H3/t7-/m0/s1. The monoisotopic (exact) mass is 111 g/mol. The molecule has 1 atom stereocenters. The topological polar surface area (TPSA) is 12.0 Å². The molecule has 0 aromatic carbocycles.